The van der Waals surface area contributed by atoms with Crippen molar-refractivity contribution in [1.82, 2.24) is 14.5 Å². The molecule has 0 aliphatic rings. The van der Waals surface area contributed by atoms with Crippen molar-refractivity contribution in [3.05, 3.63) is 122 Å². The number of carboxylic acids is 1. The first-order valence-corrected chi connectivity index (χ1v) is 14.4. The number of halogens is 5. The summed E-state index contributed by atoms with van der Waals surface area (Å²) in [6.07, 6.45) is -4.45. The lowest BCUT2D eigenvalue weighted by molar-refractivity contribution is -0.139. The smallest absolute Gasteiger partial charge is 0.416 e. The molecular weight excluding hydrogens is 613 g/mol. The van der Waals surface area contributed by atoms with Crippen LogP contribution in [0.1, 0.15) is 47.7 Å². The van der Waals surface area contributed by atoms with E-state index in [1.54, 1.807) is 37.4 Å². The van der Waals surface area contributed by atoms with Crippen molar-refractivity contribution in [3.63, 3.8) is 0 Å². The minimum atomic E-state index is -4.95. The summed E-state index contributed by atoms with van der Waals surface area (Å²) in [5, 5.41) is 11.8. The van der Waals surface area contributed by atoms with Gasteiger partial charge in [-0.15, -0.1) is 0 Å². The number of likely N-dealkylation sites (N-methyl/N-ethyl adjacent to an activating group) is 1. The molecule has 0 unspecified atom stereocenters. The summed E-state index contributed by atoms with van der Waals surface area (Å²) in [6, 6.07) is 14.6. The molecule has 0 saturated heterocycles. The molecule has 0 radical (unpaired) electrons. The van der Waals surface area contributed by atoms with E-state index in [0.717, 1.165) is 21.3 Å². The Bertz CT molecular complexity index is 1820. The first-order valence-electron chi connectivity index (χ1n) is 14.4. The van der Waals surface area contributed by atoms with Gasteiger partial charge >= 0.3 is 17.8 Å². The lowest BCUT2D eigenvalue weighted by Crippen LogP contribution is -2.44. The summed E-state index contributed by atoms with van der Waals surface area (Å²) < 4.78 is 79.8. The summed E-state index contributed by atoms with van der Waals surface area (Å²) in [6.45, 7) is 0.0830. The molecule has 0 fully saturated rings. The summed E-state index contributed by atoms with van der Waals surface area (Å²) >= 11 is 0. The van der Waals surface area contributed by atoms with E-state index < -0.39 is 58.7 Å². The molecule has 0 aliphatic carbocycles. The van der Waals surface area contributed by atoms with Gasteiger partial charge in [0, 0.05) is 23.2 Å². The molecule has 0 bridgehead atoms. The van der Waals surface area contributed by atoms with E-state index in [9.17, 15) is 31.9 Å². The third-order valence-electron chi connectivity index (χ3n) is 7.62. The van der Waals surface area contributed by atoms with Crippen LogP contribution >= 0.6 is 0 Å². The number of benzene rings is 3. The summed E-state index contributed by atoms with van der Waals surface area (Å²) in [4.78, 5) is 38.7. The van der Waals surface area contributed by atoms with Crippen molar-refractivity contribution in [2.45, 2.75) is 51.5 Å². The molecule has 0 amide bonds. The molecule has 1 aromatic heterocycles. The standard InChI is InChI=1S/C33H32F5N3O5/c1-20-29(22-12-8-15-27(30(22)35)46-17-7-6-16-28(42)43)31(44)41(19-26(39-2)21-10-4-3-5-11-21)32(45)40(20)18-23-24(33(36,37)38)13-9-14-25(23)34/h3-5,8-15,26,39H,6-7,16-19H2,1-2H3,(H,42,43)/t26-/m0/s1. The zero-order valence-corrected chi connectivity index (χ0v) is 25.0. The van der Waals surface area contributed by atoms with Gasteiger partial charge in [0.25, 0.3) is 5.56 Å². The molecule has 46 heavy (non-hydrogen) atoms. The quantitative estimate of drug-likeness (QED) is 0.138. The molecule has 4 aromatic rings. The maximum atomic E-state index is 15.9. The van der Waals surface area contributed by atoms with Crippen LogP contribution < -0.4 is 21.3 Å². The molecule has 1 atom stereocenters. The van der Waals surface area contributed by atoms with E-state index in [1.165, 1.54) is 25.1 Å². The normalized spacial score (nSPS) is 12.2. The third-order valence-corrected chi connectivity index (χ3v) is 7.62. The second-order valence-electron chi connectivity index (χ2n) is 10.6. The summed E-state index contributed by atoms with van der Waals surface area (Å²) in [5.41, 5.74) is -4.10. The number of aromatic nitrogens is 2. The molecule has 8 nitrogen and oxygen atoms in total. The maximum Gasteiger partial charge on any atom is 0.416 e. The lowest BCUT2D eigenvalue weighted by atomic mass is 10.0. The van der Waals surface area contributed by atoms with E-state index >= 15 is 4.39 Å². The second-order valence-corrected chi connectivity index (χ2v) is 10.6. The van der Waals surface area contributed by atoms with Gasteiger partial charge < -0.3 is 15.2 Å². The Kier molecular flexibility index (Phi) is 10.8. The highest BCUT2D eigenvalue weighted by Gasteiger charge is 2.35. The van der Waals surface area contributed by atoms with Crippen LogP contribution in [0, 0.1) is 18.6 Å². The largest absolute Gasteiger partial charge is 0.490 e. The van der Waals surface area contributed by atoms with Crippen LogP contribution in [0.5, 0.6) is 5.75 Å². The van der Waals surface area contributed by atoms with Gasteiger partial charge in [-0.3, -0.25) is 18.7 Å². The molecular formula is C33H32F5N3O5. The van der Waals surface area contributed by atoms with Gasteiger partial charge in [0.15, 0.2) is 11.6 Å². The molecule has 13 heteroatoms. The lowest BCUT2D eigenvalue weighted by Gasteiger charge is -2.23. The van der Waals surface area contributed by atoms with Crippen LogP contribution in [0.4, 0.5) is 22.0 Å². The number of nitrogens with one attached hydrogen (secondary N) is 1. The van der Waals surface area contributed by atoms with Gasteiger partial charge in [-0.1, -0.05) is 48.5 Å². The number of carboxylic acid groups (broad SMARTS) is 1. The average molecular weight is 646 g/mol. The molecule has 4 rings (SSSR count). The first kappa shape index (κ1) is 34.1. The second kappa shape index (κ2) is 14.5. The molecule has 1 heterocycles. The highest BCUT2D eigenvalue weighted by atomic mass is 19.4. The number of hydrogen-bond acceptors (Lipinski definition) is 5. The highest BCUT2D eigenvalue weighted by Crippen LogP contribution is 2.34. The number of unbranched alkanes of at least 4 members (excludes halogenated alkanes) is 1. The van der Waals surface area contributed by atoms with Gasteiger partial charge in [0.2, 0.25) is 0 Å². The zero-order chi connectivity index (χ0) is 33.6. The van der Waals surface area contributed by atoms with Gasteiger partial charge in [0.1, 0.15) is 5.82 Å². The monoisotopic (exact) mass is 645 g/mol. The number of rotatable bonds is 13. The molecule has 0 spiro atoms. The Morgan fingerprint density at radius 2 is 1.65 bits per heavy atom. The van der Waals surface area contributed by atoms with Crippen LogP contribution in [0.15, 0.2) is 76.3 Å². The van der Waals surface area contributed by atoms with Crippen molar-refractivity contribution in [2.24, 2.45) is 0 Å². The number of hydrogen-bond donors (Lipinski definition) is 2. The fourth-order valence-electron chi connectivity index (χ4n) is 5.21. The Labute approximate surface area is 260 Å². The molecule has 0 saturated carbocycles. The van der Waals surface area contributed by atoms with Crippen molar-refractivity contribution in [2.75, 3.05) is 13.7 Å². The van der Waals surface area contributed by atoms with Crippen LogP contribution in [0.25, 0.3) is 11.1 Å². The van der Waals surface area contributed by atoms with Crippen molar-refractivity contribution in [3.8, 4) is 16.9 Å². The number of ether oxygens (including phenoxy) is 1. The van der Waals surface area contributed by atoms with E-state index in [0.29, 0.717) is 18.1 Å². The SMILES string of the molecule is CN[C@@H](Cn1c(=O)c(-c2cccc(OCCCCC(=O)O)c2F)c(C)n(Cc2c(F)cccc2C(F)(F)F)c1=O)c1ccccc1. The van der Waals surface area contributed by atoms with Crippen molar-refractivity contribution in [1.29, 1.82) is 0 Å². The molecule has 0 aliphatic heterocycles. The summed E-state index contributed by atoms with van der Waals surface area (Å²) in [5.74, 6) is -3.41. The zero-order valence-electron chi connectivity index (χ0n) is 25.0. The van der Waals surface area contributed by atoms with Crippen LogP contribution in [0.3, 0.4) is 0 Å². The molecule has 2 N–H and O–H groups in total. The minimum Gasteiger partial charge on any atom is -0.490 e. The number of aliphatic carboxylic acids is 1. The Morgan fingerprint density at radius 1 is 0.957 bits per heavy atom. The van der Waals surface area contributed by atoms with Gasteiger partial charge in [0.05, 0.1) is 36.9 Å². The van der Waals surface area contributed by atoms with Crippen LogP contribution in [-0.2, 0) is 24.1 Å². The van der Waals surface area contributed by atoms with E-state index in [2.05, 4.69) is 5.32 Å². The van der Waals surface area contributed by atoms with E-state index in [1.807, 2.05) is 0 Å². The average Bonchev–Trinajstić information content (AvgIpc) is 3.01. The Hall–Kier alpha value is -4.78. The van der Waals surface area contributed by atoms with E-state index in [-0.39, 0.29) is 48.6 Å². The predicted octanol–water partition coefficient (Wildman–Crippen LogP) is 5.93. The van der Waals surface area contributed by atoms with Crippen LogP contribution in [0.2, 0.25) is 0 Å². The van der Waals surface area contributed by atoms with E-state index in [4.69, 9.17) is 9.84 Å². The number of nitrogens with zero attached hydrogens (tertiary/aromatic N) is 2. The third kappa shape index (κ3) is 7.53. The maximum absolute atomic E-state index is 15.9. The molecule has 3 aromatic carbocycles. The van der Waals surface area contributed by atoms with Crippen LogP contribution in [-0.4, -0.2) is 33.9 Å². The van der Waals surface area contributed by atoms with Crippen molar-refractivity contribution < 1.29 is 36.6 Å². The number of carbonyl (C=O) groups is 1. The Morgan fingerprint density at radius 3 is 2.30 bits per heavy atom. The van der Waals surface area contributed by atoms with Gasteiger partial charge in [-0.05, 0) is 50.6 Å². The highest BCUT2D eigenvalue weighted by molar-refractivity contribution is 5.68. The summed E-state index contributed by atoms with van der Waals surface area (Å²) in [7, 11) is 1.60. The fourth-order valence-corrected chi connectivity index (χ4v) is 5.21. The Balaban J connectivity index is 1.90. The topological polar surface area (TPSA) is 103 Å². The first-order chi connectivity index (χ1) is 21.8. The number of alkyl halides is 3. The van der Waals surface area contributed by atoms with Gasteiger partial charge in [-0.25, -0.2) is 13.6 Å². The molecule has 244 valence electrons. The predicted molar refractivity (Wildman–Crippen MR) is 161 cm³/mol. The van der Waals surface area contributed by atoms with Gasteiger partial charge in [-0.2, -0.15) is 13.2 Å². The minimum absolute atomic E-state index is 0.0230. The fraction of sp³-hybridized carbons (Fsp3) is 0.303. The van der Waals surface area contributed by atoms with Crippen molar-refractivity contribution >= 4 is 5.97 Å².